The number of hydrogen-bond donors (Lipinski definition) is 3. The minimum Gasteiger partial charge on any atom is -0.491 e. The van der Waals surface area contributed by atoms with Crippen molar-refractivity contribution < 1.29 is 50.6 Å². The van der Waals surface area contributed by atoms with E-state index in [-0.39, 0.29) is 59.2 Å². The van der Waals surface area contributed by atoms with Crippen molar-refractivity contribution in [2.24, 2.45) is 11.3 Å². The number of nitrogens with zero attached hydrogens (tertiary/aromatic N) is 6. The molecular weight excluding hydrogens is 1090 g/mol. The quantitative estimate of drug-likeness (QED) is 0.0685. The highest BCUT2D eigenvalue weighted by atomic mass is 32.2. The zero-order valence-corrected chi connectivity index (χ0v) is 47.4. The monoisotopic (exact) mass is 1160 g/mol. The zero-order valence-electron chi connectivity index (χ0n) is 46.6. The third kappa shape index (κ3) is 10.7. The number of nitro benzene ring substituents is 1. The molecule has 4 aromatic carbocycles. The first-order chi connectivity index (χ1) is 40.2. The molecule has 3 N–H and O–H groups in total. The molecule has 6 aliphatic heterocycles. The van der Waals surface area contributed by atoms with Crippen LogP contribution in [-0.4, -0.2) is 136 Å². The van der Waals surface area contributed by atoms with Gasteiger partial charge in [-0.2, -0.15) is 9.37 Å². The Morgan fingerprint density at radius 2 is 1.70 bits per heavy atom. The number of halogens is 2. The average molecular weight is 1160 g/mol. The summed E-state index contributed by atoms with van der Waals surface area (Å²) in [5.74, 6) is -1.30. The van der Waals surface area contributed by atoms with E-state index in [2.05, 4.69) is 46.8 Å². The summed E-state index contributed by atoms with van der Waals surface area (Å²) >= 11 is 0. The van der Waals surface area contributed by atoms with E-state index in [1.807, 2.05) is 50.2 Å². The highest BCUT2D eigenvalue weighted by Crippen LogP contribution is 2.55. The third-order valence-electron chi connectivity index (χ3n) is 18.3. The van der Waals surface area contributed by atoms with Crippen LogP contribution >= 0.6 is 0 Å². The molecule has 0 bridgehead atoms. The van der Waals surface area contributed by atoms with Crippen LogP contribution in [0.1, 0.15) is 98.8 Å². The number of fused-ring (bicyclic) bond motifs is 4. The predicted molar refractivity (Wildman–Crippen MR) is 307 cm³/mol. The number of pyridine rings is 1. The van der Waals surface area contributed by atoms with Crippen molar-refractivity contribution in [1.29, 1.82) is 0 Å². The number of anilines is 4. The molecule has 1 spiro atoms. The van der Waals surface area contributed by atoms with Gasteiger partial charge in [0, 0.05) is 112 Å². The largest absolute Gasteiger partial charge is 0.491 e. The minimum absolute atomic E-state index is 0.0123. The van der Waals surface area contributed by atoms with Crippen LogP contribution in [-0.2, 0) is 19.5 Å². The standard InChI is InChI=1S/C61H69F2N9O10S/c1-37(2)81-54-6-4-3-5-43(54)53-35-69(48-17-28-80-57-44(48)10-11-46(62)56(57)63)23-24-70(53)41-32-61(33-41)18-21-68(22-19-61)40-7-9-45(50(30-40)71-49-16-27-79-36-55(49)82-60-52(71)29-39-13-20-64-58(39)66-60)59(73)67-83(76,77)42-8-12-47(51(31-42)72(74)75)65-34-38-14-25-78-26-15-38/h3-13,20,29-31,37-38,41,48-49,53,55,65H,14-19,21-28,32-36H2,1-2H3,(H,64,66)(H,67,73)/t48-,49-,53+,55-/m0/s1. The maximum absolute atomic E-state index is 15.1. The molecule has 4 saturated heterocycles. The summed E-state index contributed by atoms with van der Waals surface area (Å²) in [6.45, 7) is 10.5. The number of aromatic amines is 1. The maximum Gasteiger partial charge on any atom is 0.293 e. The van der Waals surface area contributed by atoms with Gasteiger partial charge in [0.25, 0.3) is 21.6 Å². The van der Waals surface area contributed by atoms with Crippen molar-refractivity contribution in [3.63, 3.8) is 0 Å². The Bertz CT molecular complexity index is 3550. The zero-order chi connectivity index (χ0) is 57.1. The lowest BCUT2D eigenvalue weighted by atomic mass is 9.59. The molecule has 0 radical (unpaired) electrons. The van der Waals surface area contributed by atoms with Gasteiger partial charge < -0.3 is 43.8 Å². The Balaban J connectivity index is 0.768. The molecule has 0 unspecified atom stereocenters. The highest BCUT2D eigenvalue weighted by molar-refractivity contribution is 7.90. The molecule has 438 valence electrons. The van der Waals surface area contributed by atoms with E-state index in [1.165, 1.54) is 18.2 Å². The fraction of sp³-hybridized carbons (Fsp3) is 0.475. The van der Waals surface area contributed by atoms with E-state index in [0.29, 0.717) is 86.9 Å². The normalized spacial score (nSPS) is 23.1. The number of aromatic nitrogens is 2. The SMILES string of the molecule is CC(C)Oc1ccccc1[C@H]1CN([C@H]2CCOc3c2ccc(F)c3F)CCN1C1CC2(CCN(c3ccc(C(=O)NS(=O)(=O)c4ccc(NCC5CCOCC5)c([N+](=O)[O-])c4)c(N4c5cc6cc[nH]c6nc5O[C@H]5COCC[C@@H]54)c3)CC2)C1. The molecular formula is C61H69F2N9O10S. The van der Waals surface area contributed by atoms with E-state index in [0.717, 1.165) is 93.2 Å². The second-order valence-electron chi connectivity index (χ2n) is 23.6. The van der Waals surface area contributed by atoms with Gasteiger partial charge in [-0.25, -0.2) is 17.5 Å². The average Bonchev–Trinajstić information content (AvgIpc) is 4.14. The van der Waals surface area contributed by atoms with Gasteiger partial charge in [0.05, 0.1) is 52.5 Å². The molecule has 1 amide bonds. The lowest BCUT2D eigenvalue weighted by Crippen LogP contribution is -2.60. The number of benzene rings is 4. The summed E-state index contributed by atoms with van der Waals surface area (Å²) in [4.78, 5) is 43.7. The summed E-state index contributed by atoms with van der Waals surface area (Å²) < 4.78 is 90.4. The van der Waals surface area contributed by atoms with Crippen molar-refractivity contribution in [1.82, 2.24) is 24.5 Å². The van der Waals surface area contributed by atoms with Crippen LogP contribution in [0.3, 0.4) is 0 Å². The first-order valence-electron chi connectivity index (χ1n) is 29.1. The van der Waals surface area contributed by atoms with Gasteiger partial charge >= 0.3 is 0 Å². The second-order valence-corrected chi connectivity index (χ2v) is 25.3. The molecule has 1 saturated carbocycles. The number of H-pyrrole nitrogens is 1. The van der Waals surface area contributed by atoms with E-state index in [4.69, 9.17) is 28.7 Å². The van der Waals surface area contributed by atoms with Gasteiger partial charge in [0.1, 0.15) is 28.9 Å². The highest BCUT2D eigenvalue weighted by Gasteiger charge is 2.51. The van der Waals surface area contributed by atoms with Crippen molar-refractivity contribution in [3.05, 3.63) is 130 Å². The molecule has 5 fully saturated rings. The Morgan fingerprint density at radius 3 is 2.51 bits per heavy atom. The van der Waals surface area contributed by atoms with Crippen molar-refractivity contribution in [3.8, 4) is 17.4 Å². The summed E-state index contributed by atoms with van der Waals surface area (Å²) in [5, 5.41) is 16.4. The summed E-state index contributed by atoms with van der Waals surface area (Å²) in [6, 6.07) is 24.0. The number of hydrogen-bond acceptors (Lipinski definition) is 16. The molecule has 19 nitrogen and oxygen atoms in total. The number of rotatable bonds is 14. The maximum atomic E-state index is 15.1. The number of piperazine rings is 1. The Hall–Kier alpha value is -7.11. The number of piperidine rings is 1. The molecule has 22 heteroatoms. The summed E-state index contributed by atoms with van der Waals surface area (Å²) in [7, 11) is -4.65. The Morgan fingerprint density at radius 1 is 0.892 bits per heavy atom. The fourth-order valence-corrected chi connectivity index (χ4v) is 15.0. The van der Waals surface area contributed by atoms with Crippen molar-refractivity contribution in [2.45, 2.75) is 106 Å². The van der Waals surface area contributed by atoms with E-state index >= 15 is 4.39 Å². The lowest BCUT2D eigenvalue weighted by Gasteiger charge is -2.59. The molecule has 7 aliphatic rings. The smallest absolute Gasteiger partial charge is 0.293 e. The molecule has 83 heavy (non-hydrogen) atoms. The number of nitro groups is 1. The fourth-order valence-electron chi connectivity index (χ4n) is 14.0. The van der Waals surface area contributed by atoms with Crippen LogP contribution in [0.5, 0.6) is 17.4 Å². The Labute approximate surface area is 480 Å². The number of nitrogens with one attached hydrogen (secondary N) is 3. The first kappa shape index (κ1) is 55.1. The van der Waals surface area contributed by atoms with Crippen LogP contribution in [0, 0.1) is 33.1 Å². The van der Waals surface area contributed by atoms with Crippen LogP contribution in [0.4, 0.5) is 37.2 Å². The first-order valence-corrected chi connectivity index (χ1v) is 30.6. The van der Waals surface area contributed by atoms with Crippen molar-refractivity contribution >= 4 is 55.4 Å². The summed E-state index contributed by atoms with van der Waals surface area (Å²) in [5.41, 5.74) is 4.32. The number of ether oxygens (including phenoxy) is 5. The van der Waals surface area contributed by atoms with Gasteiger partial charge in [-0.1, -0.05) is 24.3 Å². The number of carbonyl (C=O) groups is 1. The molecule has 6 aromatic rings. The minimum atomic E-state index is -4.65. The topological polar surface area (TPSA) is 206 Å². The van der Waals surface area contributed by atoms with Crippen LogP contribution in [0.15, 0.2) is 96.0 Å². The van der Waals surface area contributed by atoms with Crippen LogP contribution < -0.4 is 34.0 Å². The van der Waals surface area contributed by atoms with Gasteiger partial charge in [0.15, 0.2) is 11.6 Å². The van der Waals surface area contributed by atoms with E-state index in [9.17, 15) is 27.7 Å². The lowest BCUT2D eigenvalue weighted by molar-refractivity contribution is -0.384. The van der Waals surface area contributed by atoms with E-state index in [1.54, 1.807) is 18.3 Å². The third-order valence-corrected chi connectivity index (χ3v) is 19.7. The van der Waals surface area contributed by atoms with Gasteiger partial charge in [-0.05, 0) is 125 Å². The number of para-hydroxylation sites is 1. The van der Waals surface area contributed by atoms with Crippen molar-refractivity contribution in [2.75, 3.05) is 87.4 Å². The van der Waals surface area contributed by atoms with E-state index < -0.39 is 49.2 Å². The molecule has 1 aliphatic carbocycles. The molecule has 8 heterocycles. The number of sulfonamides is 1. The second kappa shape index (κ2) is 22.5. The molecule has 2 aromatic heterocycles. The number of carbonyl (C=O) groups excluding carboxylic acids is 1. The van der Waals surface area contributed by atoms with Gasteiger partial charge in [-0.3, -0.25) is 24.7 Å². The molecule has 4 atom stereocenters. The van der Waals surface area contributed by atoms with Crippen LogP contribution in [0.25, 0.3) is 11.0 Å². The number of amides is 1. The van der Waals surface area contributed by atoms with Gasteiger partial charge in [-0.15, -0.1) is 0 Å². The predicted octanol–water partition coefficient (Wildman–Crippen LogP) is 9.81. The van der Waals surface area contributed by atoms with Crippen LogP contribution in [0.2, 0.25) is 0 Å². The Kier molecular flexibility index (Phi) is 14.9. The van der Waals surface area contributed by atoms with Gasteiger partial charge in [0.2, 0.25) is 11.7 Å². The summed E-state index contributed by atoms with van der Waals surface area (Å²) in [6.07, 6.45) is 8.03. The molecule has 13 rings (SSSR count).